The summed E-state index contributed by atoms with van der Waals surface area (Å²) in [4.78, 5) is 2.51. The number of aliphatic hydroxyl groups is 1. The van der Waals surface area contributed by atoms with Crippen LogP contribution >= 0.6 is 0 Å². The molecule has 0 amide bonds. The largest absolute Gasteiger partial charge is 0.491 e. The van der Waals surface area contributed by atoms with Crippen molar-refractivity contribution in [3.8, 4) is 5.75 Å². The van der Waals surface area contributed by atoms with Gasteiger partial charge in [-0.3, -0.25) is 0 Å². The number of hydrogen-bond donors (Lipinski definition) is 1. The predicted molar refractivity (Wildman–Crippen MR) is 84.5 cm³/mol. The summed E-state index contributed by atoms with van der Waals surface area (Å²) in [6.07, 6.45) is 4.50. The van der Waals surface area contributed by atoms with Crippen molar-refractivity contribution in [2.45, 2.75) is 63.8 Å². The molecule has 116 valence electrons. The minimum Gasteiger partial charge on any atom is -0.491 e. The zero-order valence-electron chi connectivity index (χ0n) is 13.3. The van der Waals surface area contributed by atoms with Crippen molar-refractivity contribution in [1.82, 2.24) is 4.90 Å². The van der Waals surface area contributed by atoms with E-state index in [2.05, 4.69) is 11.9 Å². The molecule has 2 aliphatic rings. The van der Waals surface area contributed by atoms with E-state index in [1.807, 2.05) is 38.1 Å². The number of ether oxygens (including phenoxy) is 1. The quantitative estimate of drug-likeness (QED) is 0.922. The summed E-state index contributed by atoms with van der Waals surface area (Å²) in [5.41, 5.74) is 0.958. The van der Waals surface area contributed by atoms with E-state index in [9.17, 15) is 5.11 Å². The van der Waals surface area contributed by atoms with E-state index in [1.165, 1.54) is 12.8 Å². The molecule has 0 radical (unpaired) electrons. The van der Waals surface area contributed by atoms with E-state index in [0.717, 1.165) is 24.2 Å². The van der Waals surface area contributed by atoms with Gasteiger partial charge in [0.25, 0.3) is 0 Å². The minimum atomic E-state index is -0.406. The maximum Gasteiger partial charge on any atom is 0.125 e. The zero-order chi connectivity index (χ0) is 15.0. The molecule has 0 spiro atoms. The van der Waals surface area contributed by atoms with E-state index in [4.69, 9.17) is 4.74 Å². The van der Waals surface area contributed by atoms with E-state index in [1.54, 1.807) is 0 Å². The fourth-order valence-electron chi connectivity index (χ4n) is 4.05. The Kier molecular flexibility index (Phi) is 4.23. The third-order valence-corrected chi connectivity index (χ3v) is 5.18. The minimum absolute atomic E-state index is 0.131. The summed E-state index contributed by atoms with van der Waals surface area (Å²) >= 11 is 0. The molecule has 0 saturated carbocycles. The number of para-hydroxylation sites is 1. The van der Waals surface area contributed by atoms with Crippen LogP contribution in [0.25, 0.3) is 0 Å². The highest BCUT2D eigenvalue weighted by atomic mass is 16.5. The Balaban J connectivity index is 1.78. The lowest BCUT2D eigenvalue weighted by molar-refractivity contribution is 0.0334. The fraction of sp³-hybridized carbons (Fsp3) is 0.667. The first-order valence-electron chi connectivity index (χ1n) is 8.22. The molecule has 3 atom stereocenters. The third kappa shape index (κ3) is 2.95. The molecule has 3 unspecified atom stereocenters. The number of rotatable bonds is 4. The molecule has 1 N–H and O–H groups in total. The summed E-state index contributed by atoms with van der Waals surface area (Å²) < 4.78 is 5.88. The number of piperidine rings is 1. The second-order valence-electron chi connectivity index (χ2n) is 6.93. The average Bonchev–Trinajstić information content (AvgIpc) is 2.68. The number of nitrogens with zero attached hydrogens (tertiary/aromatic N) is 1. The Bertz CT molecular complexity index is 474. The first-order valence-corrected chi connectivity index (χ1v) is 8.22. The van der Waals surface area contributed by atoms with Crippen LogP contribution in [-0.2, 0) is 0 Å². The summed E-state index contributed by atoms with van der Waals surface area (Å²) in [7, 11) is 2.24. The summed E-state index contributed by atoms with van der Waals surface area (Å²) in [6.45, 7) is 4.05. The molecule has 1 aromatic rings. The van der Waals surface area contributed by atoms with Gasteiger partial charge in [0.1, 0.15) is 5.75 Å². The van der Waals surface area contributed by atoms with Crippen LogP contribution in [0, 0.1) is 5.92 Å². The molecular weight excluding hydrogens is 262 g/mol. The van der Waals surface area contributed by atoms with E-state index in [0.29, 0.717) is 18.0 Å². The van der Waals surface area contributed by atoms with E-state index < -0.39 is 6.10 Å². The number of benzene rings is 1. The Labute approximate surface area is 127 Å². The Morgan fingerprint density at radius 2 is 1.76 bits per heavy atom. The molecule has 2 fully saturated rings. The molecule has 3 heteroatoms. The molecule has 21 heavy (non-hydrogen) atoms. The first-order chi connectivity index (χ1) is 10.1. The van der Waals surface area contributed by atoms with Gasteiger partial charge in [0, 0.05) is 17.6 Å². The SMILES string of the molecule is CC(C)Oc1ccccc1C(O)C1CC2CCC(C1)N2C. The van der Waals surface area contributed by atoms with Crippen LogP contribution < -0.4 is 4.74 Å². The van der Waals surface area contributed by atoms with Crippen LogP contribution in [0.15, 0.2) is 24.3 Å². The van der Waals surface area contributed by atoms with Gasteiger partial charge in [-0.1, -0.05) is 18.2 Å². The van der Waals surface area contributed by atoms with Crippen LogP contribution in [0.5, 0.6) is 5.75 Å². The third-order valence-electron chi connectivity index (χ3n) is 5.18. The fourth-order valence-corrected chi connectivity index (χ4v) is 4.05. The van der Waals surface area contributed by atoms with Crippen LogP contribution in [0.4, 0.5) is 0 Å². The molecule has 2 heterocycles. The molecule has 2 aliphatic heterocycles. The maximum atomic E-state index is 10.9. The molecule has 2 bridgehead atoms. The lowest BCUT2D eigenvalue weighted by Gasteiger charge is -2.38. The van der Waals surface area contributed by atoms with Crippen molar-refractivity contribution in [1.29, 1.82) is 0 Å². The van der Waals surface area contributed by atoms with Crippen molar-refractivity contribution in [2.75, 3.05) is 7.05 Å². The van der Waals surface area contributed by atoms with Gasteiger partial charge < -0.3 is 14.7 Å². The van der Waals surface area contributed by atoms with Crippen molar-refractivity contribution >= 4 is 0 Å². The predicted octanol–water partition coefficient (Wildman–Crippen LogP) is 3.38. The second kappa shape index (κ2) is 5.98. The van der Waals surface area contributed by atoms with Crippen LogP contribution in [0.3, 0.4) is 0 Å². The molecule has 1 aromatic carbocycles. The van der Waals surface area contributed by atoms with Gasteiger partial charge in [-0.25, -0.2) is 0 Å². The van der Waals surface area contributed by atoms with E-state index >= 15 is 0 Å². The molecular formula is C18H27NO2. The highest BCUT2D eigenvalue weighted by molar-refractivity contribution is 5.35. The first kappa shape index (κ1) is 14.9. The smallest absolute Gasteiger partial charge is 0.125 e. The highest BCUT2D eigenvalue weighted by Gasteiger charge is 2.41. The standard InChI is InChI=1S/C18H27NO2/c1-12(2)21-17-7-5-4-6-16(17)18(20)13-10-14-8-9-15(11-13)19(14)3/h4-7,12-15,18,20H,8-11H2,1-3H3. The normalized spacial score (nSPS) is 30.6. The second-order valence-corrected chi connectivity index (χ2v) is 6.93. The Hall–Kier alpha value is -1.06. The summed E-state index contributed by atoms with van der Waals surface area (Å²) in [5, 5.41) is 10.9. The molecule has 0 aromatic heterocycles. The lowest BCUT2D eigenvalue weighted by atomic mass is 9.83. The van der Waals surface area contributed by atoms with Gasteiger partial charge in [0.2, 0.25) is 0 Å². The van der Waals surface area contributed by atoms with Crippen molar-refractivity contribution in [2.24, 2.45) is 5.92 Å². The molecule has 2 saturated heterocycles. The molecule has 0 aliphatic carbocycles. The van der Waals surface area contributed by atoms with Crippen LogP contribution in [0.1, 0.15) is 51.2 Å². The van der Waals surface area contributed by atoms with Gasteiger partial charge in [-0.05, 0) is 58.6 Å². The van der Waals surface area contributed by atoms with Crippen LogP contribution in [0.2, 0.25) is 0 Å². The van der Waals surface area contributed by atoms with Crippen molar-refractivity contribution in [3.63, 3.8) is 0 Å². The maximum absolute atomic E-state index is 10.9. The van der Waals surface area contributed by atoms with Crippen molar-refractivity contribution in [3.05, 3.63) is 29.8 Å². The summed E-state index contributed by atoms with van der Waals surface area (Å²) in [5.74, 6) is 1.20. The zero-order valence-corrected chi connectivity index (χ0v) is 13.3. The van der Waals surface area contributed by atoms with Gasteiger partial charge in [-0.2, -0.15) is 0 Å². The number of aliphatic hydroxyl groups excluding tert-OH is 1. The Morgan fingerprint density at radius 3 is 2.38 bits per heavy atom. The summed E-state index contributed by atoms with van der Waals surface area (Å²) in [6, 6.07) is 9.27. The van der Waals surface area contributed by atoms with Gasteiger partial charge in [0.05, 0.1) is 12.2 Å². The monoisotopic (exact) mass is 289 g/mol. The van der Waals surface area contributed by atoms with Gasteiger partial charge in [-0.15, -0.1) is 0 Å². The van der Waals surface area contributed by atoms with Gasteiger partial charge >= 0.3 is 0 Å². The molecule has 3 rings (SSSR count). The molecule has 3 nitrogen and oxygen atoms in total. The van der Waals surface area contributed by atoms with Gasteiger partial charge in [0.15, 0.2) is 0 Å². The average molecular weight is 289 g/mol. The highest BCUT2D eigenvalue weighted by Crippen LogP contribution is 2.44. The van der Waals surface area contributed by atoms with Crippen molar-refractivity contribution < 1.29 is 9.84 Å². The van der Waals surface area contributed by atoms with E-state index in [-0.39, 0.29) is 6.10 Å². The van der Waals surface area contributed by atoms with Crippen LogP contribution in [-0.4, -0.2) is 35.2 Å². The lowest BCUT2D eigenvalue weighted by Crippen LogP contribution is -2.41. The Morgan fingerprint density at radius 1 is 1.14 bits per heavy atom. The number of fused-ring (bicyclic) bond motifs is 2. The topological polar surface area (TPSA) is 32.7 Å². The number of hydrogen-bond acceptors (Lipinski definition) is 3.